The highest BCUT2D eigenvalue weighted by Crippen LogP contribution is 2.29. The Morgan fingerprint density at radius 2 is 1.80 bits per heavy atom. The van der Waals surface area contributed by atoms with Gasteiger partial charge in [0.25, 0.3) is 5.69 Å². The van der Waals surface area contributed by atoms with Gasteiger partial charge < -0.3 is 0 Å². The quantitative estimate of drug-likeness (QED) is 0.262. The van der Waals surface area contributed by atoms with Gasteiger partial charge in [0, 0.05) is 35.7 Å². The molecule has 9 nitrogen and oxygen atoms in total. The van der Waals surface area contributed by atoms with Crippen molar-refractivity contribution in [3.05, 3.63) is 103 Å². The lowest BCUT2D eigenvalue weighted by molar-refractivity contribution is -0.687. The van der Waals surface area contributed by atoms with E-state index < -0.39 is 15.5 Å². The van der Waals surface area contributed by atoms with Crippen LogP contribution in [0.25, 0.3) is 0 Å². The predicted octanol–water partition coefficient (Wildman–Crippen LogP) is 4.27. The smallest absolute Gasteiger partial charge is 0.271 e. The van der Waals surface area contributed by atoms with Crippen molar-refractivity contribution in [2.75, 3.05) is 5.43 Å². The van der Waals surface area contributed by atoms with Gasteiger partial charge in [0.15, 0.2) is 18.4 Å². The number of nitro benzene ring substituents is 2. The van der Waals surface area contributed by atoms with Crippen LogP contribution < -0.4 is 9.99 Å². The van der Waals surface area contributed by atoms with Crippen molar-refractivity contribution in [2.45, 2.75) is 13.5 Å². The predicted molar refractivity (Wildman–Crippen MR) is 113 cm³/mol. The average molecular weight is 427 g/mol. The first-order valence-electron chi connectivity index (χ1n) is 8.81. The summed E-state index contributed by atoms with van der Waals surface area (Å²) in [5.74, 6) is 0. The van der Waals surface area contributed by atoms with Crippen LogP contribution in [0.4, 0.5) is 17.1 Å². The van der Waals surface area contributed by atoms with Crippen LogP contribution in [-0.2, 0) is 6.54 Å². The van der Waals surface area contributed by atoms with Gasteiger partial charge in [0.05, 0.1) is 15.9 Å². The van der Waals surface area contributed by atoms with Gasteiger partial charge in [-0.15, -0.1) is 0 Å². The lowest BCUT2D eigenvalue weighted by Gasteiger charge is -2.08. The van der Waals surface area contributed by atoms with Gasteiger partial charge in [0.1, 0.15) is 11.4 Å². The van der Waals surface area contributed by atoms with Crippen LogP contribution in [-0.4, -0.2) is 15.6 Å². The Labute approximate surface area is 176 Å². The van der Waals surface area contributed by atoms with E-state index in [0.717, 1.165) is 17.3 Å². The number of aryl methyl sites for hydroxylation is 1. The highest BCUT2D eigenvalue weighted by molar-refractivity contribution is 6.30. The zero-order chi connectivity index (χ0) is 21.7. The number of nitrogens with zero attached hydrogens (tertiary/aromatic N) is 4. The molecule has 2 aromatic carbocycles. The monoisotopic (exact) mass is 426 g/mol. The second-order valence-electron chi connectivity index (χ2n) is 6.36. The summed E-state index contributed by atoms with van der Waals surface area (Å²) >= 11 is 5.98. The van der Waals surface area contributed by atoms with Crippen LogP contribution in [0.5, 0.6) is 0 Å². The van der Waals surface area contributed by atoms with Crippen molar-refractivity contribution in [3.63, 3.8) is 0 Å². The van der Waals surface area contributed by atoms with Gasteiger partial charge in [-0.1, -0.05) is 29.8 Å². The first-order valence-corrected chi connectivity index (χ1v) is 9.19. The van der Waals surface area contributed by atoms with Crippen molar-refractivity contribution in [3.8, 4) is 0 Å². The molecule has 3 rings (SSSR count). The van der Waals surface area contributed by atoms with Gasteiger partial charge in [-0.25, -0.2) is 0 Å². The fourth-order valence-electron chi connectivity index (χ4n) is 2.74. The number of hydrogen-bond donors (Lipinski definition) is 1. The standard InChI is InChI=1S/C20H17ClN5O4/c1-14-4-2-3-11-24(14)13-19(15-5-7-16(21)8-6-15)23-22-18-10-9-17(25(27)28)12-20(18)26(29)30/h2-12,22H,13H2,1H3/q+1/b23-19+. The fourth-order valence-corrected chi connectivity index (χ4v) is 2.87. The molecule has 30 heavy (non-hydrogen) atoms. The molecule has 0 radical (unpaired) electrons. The van der Waals surface area contributed by atoms with Gasteiger partial charge in [0.2, 0.25) is 0 Å². The zero-order valence-electron chi connectivity index (χ0n) is 15.9. The molecule has 0 saturated heterocycles. The third kappa shape index (κ3) is 4.95. The topological polar surface area (TPSA) is 115 Å². The molecule has 0 atom stereocenters. The molecule has 1 heterocycles. The van der Waals surface area contributed by atoms with Crippen molar-refractivity contribution in [1.29, 1.82) is 0 Å². The van der Waals surface area contributed by atoms with Crippen LogP contribution in [0.15, 0.2) is 72.0 Å². The molecule has 152 valence electrons. The minimum atomic E-state index is -0.692. The first kappa shape index (κ1) is 20.9. The lowest BCUT2D eigenvalue weighted by atomic mass is 10.1. The minimum absolute atomic E-state index is 0.0480. The maximum Gasteiger partial charge on any atom is 0.301 e. The Morgan fingerprint density at radius 1 is 1.07 bits per heavy atom. The summed E-state index contributed by atoms with van der Waals surface area (Å²) in [5, 5.41) is 27.2. The van der Waals surface area contributed by atoms with Crippen LogP contribution in [0.1, 0.15) is 11.3 Å². The largest absolute Gasteiger partial charge is 0.301 e. The molecule has 10 heteroatoms. The zero-order valence-corrected chi connectivity index (χ0v) is 16.6. The summed E-state index contributed by atoms with van der Waals surface area (Å²) in [5.41, 5.74) is 4.30. The first-order chi connectivity index (χ1) is 14.3. The molecule has 0 fully saturated rings. The summed E-state index contributed by atoms with van der Waals surface area (Å²) in [7, 11) is 0. The van der Waals surface area contributed by atoms with Gasteiger partial charge in [-0.05, 0) is 18.2 Å². The van der Waals surface area contributed by atoms with E-state index in [2.05, 4.69) is 10.5 Å². The minimum Gasteiger partial charge on any atom is -0.271 e. The van der Waals surface area contributed by atoms with E-state index >= 15 is 0 Å². The fraction of sp³-hybridized carbons (Fsp3) is 0.100. The van der Waals surface area contributed by atoms with Crippen molar-refractivity contribution < 1.29 is 14.4 Å². The number of nitro groups is 2. The van der Waals surface area contributed by atoms with Crippen LogP contribution in [0, 0.1) is 27.2 Å². The van der Waals surface area contributed by atoms with E-state index in [9.17, 15) is 20.2 Å². The molecule has 0 unspecified atom stereocenters. The number of hydrazone groups is 1. The van der Waals surface area contributed by atoms with Gasteiger partial charge in [-0.3, -0.25) is 25.7 Å². The highest BCUT2D eigenvalue weighted by Gasteiger charge is 2.20. The van der Waals surface area contributed by atoms with Crippen molar-refractivity contribution in [1.82, 2.24) is 0 Å². The number of nitrogens with one attached hydrogen (secondary N) is 1. The number of halogens is 1. The Balaban J connectivity index is 1.99. The number of pyridine rings is 1. The molecule has 0 aliphatic heterocycles. The summed E-state index contributed by atoms with van der Waals surface area (Å²) in [4.78, 5) is 20.9. The Morgan fingerprint density at radius 3 is 2.43 bits per heavy atom. The molecular weight excluding hydrogens is 410 g/mol. The van der Waals surface area contributed by atoms with E-state index in [1.54, 1.807) is 24.3 Å². The Hall–Kier alpha value is -3.85. The number of benzene rings is 2. The van der Waals surface area contributed by atoms with E-state index in [0.29, 0.717) is 17.3 Å². The van der Waals surface area contributed by atoms with E-state index in [-0.39, 0.29) is 11.4 Å². The molecule has 3 aromatic rings. The summed E-state index contributed by atoms with van der Waals surface area (Å²) in [6, 6.07) is 16.2. The van der Waals surface area contributed by atoms with Crippen LogP contribution in [0.2, 0.25) is 5.02 Å². The van der Waals surface area contributed by atoms with Crippen LogP contribution >= 0.6 is 11.6 Å². The molecule has 0 amide bonds. The number of non-ortho nitro benzene ring substituents is 1. The molecule has 1 aromatic heterocycles. The normalized spacial score (nSPS) is 11.2. The maximum atomic E-state index is 11.4. The molecule has 1 N–H and O–H groups in total. The molecule has 0 bridgehead atoms. The van der Waals surface area contributed by atoms with E-state index in [4.69, 9.17) is 11.6 Å². The molecule has 0 saturated carbocycles. The lowest BCUT2D eigenvalue weighted by Crippen LogP contribution is -2.40. The van der Waals surface area contributed by atoms with E-state index in [1.165, 1.54) is 12.1 Å². The van der Waals surface area contributed by atoms with E-state index in [1.807, 2.05) is 35.9 Å². The summed E-state index contributed by atoms with van der Waals surface area (Å²) in [6.07, 6.45) is 1.90. The SMILES string of the molecule is Cc1cccc[n+]1C/C(=N\Nc1ccc([N+](=O)[O-])cc1[N+](=O)[O-])c1ccc(Cl)cc1. The second-order valence-corrected chi connectivity index (χ2v) is 6.80. The molecule has 0 aliphatic rings. The third-order valence-electron chi connectivity index (χ3n) is 4.37. The highest BCUT2D eigenvalue weighted by atomic mass is 35.5. The van der Waals surface area contributed by atoms with Crippen LogP contribution in [0.3, 0.4) is 0 Å². The number of aromatic nitrogens is 1. The second kappa shape index (κ2) is 9.10. The number of hydrogen-bond acceptors (Lipinski definition) is 6. The Bertz CT molecular complexity index is 1130. The summed E-state index contributed by atoms with van der Waals surface area (Å²) < 4.78 is 1.97. The maximum absolute atomic E-state index is 11.4. The van der Waals surface area contributed by atoms with Crippen molar-refractivity contribution >= 4 is 34.4 Å². The number of anilines is 1. The third-order valence-corrected chi connectivity index (χ3v) is 4.62. The Kier molecular flexibility index (Phi) is 6.33. The summed E-state index contributed by atoms with van der Waals surface area (Å²) in [6.45, 7) is 2.34. The van der Waals surface area contributed by atoms with Crippen molar-refractivity contribution in [2.24, 2.45) is 5.10 Å². The molecular formula is C20H17ClN5O4+. The average Bonchev–Trinajstić information content (AvgIpc) is 2.73. The number of rotatable bonds is 7. The van der Waals surface area contributed by atoms with Gasteiger partial charge in [-0.2, -0.15) is 9.67 Å². The molecule has 0 spiro atoms. The van der Waals surface area contributed by atoms with Gasteiger partial charge >= 0.3 is 5.69 Å². The molecule has 0 aliphatic carbocycles.